The van der Waals surface area contributed by atoms with E-state index >= 15 is 0 Å². The highest BCUT2D eigenvalue weighted by Crippen LogP contribution is 2.33. The molecule has 1 atom stereocenters. The smallest absolute Gasteiger partial charge is 0.254 e. The summed E-state index contributed by atoms with van der Waals surface area (Å²) in [6, 6.07) is 11.2. The molecule has 0 radical (unpaired) electrons. The van der Waals surface area contributed by atoms with Crippen molar-refractivity contribution < 1.29 is 9.59 Å². The van der Waals surface area contributed by atoms with Gasteiger partial charge in [0.1, 0.15) is 0 Å². The first-order valence-electron chi connectivity index (χ1n) is 9.24. The highest BCUT2D eigenvalue weighted by molar-refractivity contribution is 5.98. The zero-order valence-electron chi connectivity index (χ0n) is 14.8. The minimum atomic E-state index is -0.0781. The molecule has 136 valence electrons. The lowest BCUT2D eigenvalue weighted by Crippen LogP contribution is -2.32. The van der Waals surface area contributed by atoms with Gasteiger partial charge in [0.25, 0.3) is 5.91 Å². The molecule has 7 heteroatoms. The first-order valence-corrected chi connectivity index (χ1v) is 9.24. The lowest BCUT2D eigenvalue weighted by Gasteiger charge is -2.24. The Labute approximate surface area is 156 Å². The van der Waals surface area contributed by atoms with E-state index in [0.29, 0.717) is 24.9 Å². The van der Waals surface area contributed by atoms with E-state index in [9.17, 15) is 9.59 Å². The number of carbonyl (C=O) groups excluding carboxylic acids is 2. The van der Waals surface area contributed by atoms with Crippen LogP contribution >= 0.6 is 0 Å². The van der Waals surface area contributed by atoms with Crippen LogP contribution in [0.2, 0.25) is 0 Å². The van der Waals surface area contributed by atoms with Crippen molar-refractivity contribution in [2.45, 2.75) is 31.7 Å². The number of benzene rings is 1. The maximum absolute atomic E-state index is 13.2. The summed E-state index contributed by atoms with van der Waals surface area (Å²) in [5, 5.41) is 11.4. The van der Waals surface area contributed by atoms with Crippen LogP contribution in [0.25, 0.3) is 5.65 Å². The Kier molecular flexibility index (Phi) is 3.67. The van der Waals surface area contributed by atoms with Gasteiger partial charge in [-0.05, 0) is 55.2 Å². The van der Waals surface area contributed by atoms with E-state index in [4.69, 9.17) is 0 Å². The van der Waals surface area contributed by atoms with E-state index in [0.717, 1.165) is 35.6 Å². The van der Waals surface area contributed by atoms with Crippen molar-refractivity contribution in [1.29, 1.82) is 0 Å². The summed E-state index contributed by atoms with van der Waals surface area (Å²) in [5.41, 5.74) is 3.27. The van der Waals surface area contributed by atoms with Crippen LogP contribution in [0.4, 0.5) is 5.69 Å². The van der Waals surface area contributed by atoms with Crippen molar-refractivity contribution in [1.82, 2.24) is 19.5 Å². The molecule has 1 aromatic carbocycles. The van der Waals surface area contributed by atoms with Gasteiger partial charge in [-0.1, -0.05) is 6.07 Å². The van der Waals surface area contributed by atoms with Crippen molar-refractivity contribution >= 4 is 23.1 Å². The van der Waals surface area contributed by atoms with E-state index in [-0.39, 0.29) is 17.9 Å². The van der Waals surface area contributed by atoms with Crippen LogP contribution in [0.1, 0.15) is 47.1 Å². The predicted molar refractivity (Wildman–Crippen MR) is 99.4 cm³/mol. The highest BCUT2D eigenvalue weighted by Gasteiger charge is 2.34. The molecule has 1 fully saturated rings. The molecular formula is C20H19N5O2. The molecule has 1 saturated heterocycles. The summed E-state index contributed by atoms with van der Waals surface area (Å²) >= 11 is 0. The minimum Gasteiger partial charge on any atom is -0.328 e. The molecule has 2 amide bonds. The quantitative estimate of drug-likeness (QED) is 0.761. The SMILES string of the molecule is O=C1CCc2cc(C(=O)N3CCC[C@H]3c3nnc4ccccn34)ccc2N1. The first-order chi connectivity index (χ1) is 13.2. The largest absolute Gasteiger partial charge is 0.328 e. The predicted octanol–water partition coefficient (Wildman–Crippen LogP) is 2.59. The third kappa shape index (κ3) is 2.66. The molecule has 4 heterocycles. The van der Waals surface area contributed by atoms with Crippen molar-refractivity contribution in [3.05, 3.63) is 59.5 Å². The molecule has 3 aromatic rings. The van der Waals surface area contributed by atoms with Gasteiger partial charge in [-0.25, -0.2) is 0 Å². The summed E-state index contributed by atoms with van der Waals surface area (Å²) in [7, 11) is 0. The third-order valence-corrected chi connectivity index (χ3v) is 5.40. The second-order valence-electron chi connectivity index (χ2n) is 7.06. The topological polar surface area (TPSA) is 79.6 Å². The van der Waals surface area contributed by atoms with Gasteiger partial charge in [-0.15, -0.1) is 10.2 Å². The summed E-state index contributed by atoms with van der Waals surface area (Å²) in [4.78, 5) is 26.6. The number of anilines is 1. The number of aryl methyl sites for hydroxylation is 1. The Hall–Kier alpha value is -3.22. The number of amides is 2. The molecule has 0 spiro atoms. The van der Waals surface area contributed by atoms with Crippen molar-refractivity contribution in [2.75, 3.05) is 11.9 Å². The molecule has 27 heavy (non-hydrogen) atoms. The molecule has 2 aliphatic heterocycles. The average Bonchev–Trinajstić information content (AvgIpc) is 3.33. The van der Waals surface area contributed by atoms with Gasteiger partial charge < -0.3 is 10.2 Å². The number of nitrogens with zero attached hydrogens (tertiary/aromatic N) is 4. The molecule has 1 N–H and O–H groups in total. The molecule has 0 aliphatic carbocycles. The zero-order valence-corrected chi connectivity index (χ0v) is 14.8. The van der Waals surface area contributed by atoms with Crippen LogP contribution in [0.3, 0.4) is 0 Å². The van der Waals surface area contributed by atoms with Gasteiger partial charge in [0.15, 0.2) is 11.5 Å². The molecule has 2 aliphatic rings. The van der Waals surface area contributed by atoms with E-state index in [1.54, 1.807) is 6.07 Å². The highest BCUT2D eigenvalue weighted by atomic mass is 16.2. The second kappa shape index (κ2) is 6.19. The Balaban J connectivity index is 1.47. The van der Waals surface area contributed by atoms with E-state index < -0.39 is 0 Å². The summed E-state index contributed by atoms with van der Waals surface area (Å²) in [6.45, 7) is 0.707. The van der Waals surface area contributed by atoms with Crippen molar-refractivity contribution in [3.8, 4) is 0 Å². The number of hydrogen-bond acceptors (Lipinski definition) is 4. The monoisotopic (exact) mass is 361 g/mol. The molecule has 7 nitrogen and oxygen atoms in total. The number of fused-ring (bicyclic) bond motifs is 2. The normalized spacial score (nSPS) is 19.2. The Morgan fingerprint density at radius 1 is 1.15 bits per heavy atom. The fourth-order valence-corrected chi connectivity index (χ4v) is 4.05. The standard InChI is InChI=1S/C20H19N5O2/c26-18-9-7-13-12-14(6-8-15(13)21-18)20(27)24-11-3-4-16(24)19-23-22-17-5-1-2-10-25(17)19/h1-2,5-6,8,10,12,16H,3-4,7,9,11H2,(H,21,26)/t16-/m0/s1. The van der Waals surface area contributed by atoms with E-state index in [1.165, 1.54) is 0 Å². The number of hydrogen-bond donors (Lipinski definition) is 1. The molecule has 0 unspecified atom stereocenters. The molecular weight excluding hydrogens is 342 g/mol. The number of aromatic nitrogens is 3. The number of rotatable bonds is 2. The molecule has 5 rings (SSSR count). The maximum atomic E-state index is 13.2. The van der Waals surface area contributed by atoms with Crippen LogP contribution < -0.4 is 5.32 Å². The summed E-state index contributed by atoms with van der Waals surface area (Å²) in [5.74, 6) is 0.839. The van der Waals surface area contributed by atoms with Crippen LogP contribution in [0.5, 0.6) is 0 Å². The Morgan fingerprint density at radius 2 is 2.07 bits per heavy atom. The lowest BCUT2D eigenvalue weighted by atomic mass is 10.00. The van der Waals surface area contributed by atoms with Crippen LogP contribution in [0.15, 0.2) is 42.6 Å². The van der Waals surface area contributed by atoms with Gasteiger partial charge in [0, 0.05) is 30.4 Å². The Morgan fingerprint density at radius 3 is 3.00 bits per heavy atom. The fourth-order valence-electron chi connectivity index (χ4n) is 4.05. The van der Waals surface area contributed by atoms with Gasteiger partial charge in [-0.3, -0.25) is 14.0 Å². The fraction of sp³-hybridized carbons (Fsp3) is 0.300. The van der Waals surface area contributed by atoms with Crippen molar-refractivity contribution in [2.24, 2.45) is 0 Å². The van der Waals surface area contributed by atoms with Crippen LogP contribution in [-0.2, 0) is 11.2 Å². The van der Waals surface area contributed by atoms with Crippen LogP contribution in [0, 0.1) is 0 Å². The van der Waals surface area contributed by atoms with Gasteiger partial charge in [-0.2, -0.15) is 0 Å². The van der Waals surface area contributed by atoms with E-state index in [1.807, 2.05) is 45.8 Å². The maximum Gasteiger partial charge on any atom is 0.254 e. The second-order valence-corrected chi connectivity index (χ2v) is 7.06. The third-order valence-electron chi connectivity index (χ3n) is 5.40. The van der Waals surface area contributed by atoms with Gasteiger partial charge in [0.05, 0.1) is 6.04 Å². The number of pyridine rings is 1. The molecule has 2 aromatic heterocycles. The van der Waals surface area contributed by atoms with Gasteiger partial charge >= 0.3 is 0 Å². The first kappa shape index (κ1) is 16.0. The van der Waals surface area contributed by atoms with E-state index in [2.05, 4.69) is 15.5 Å². The average molecular weight is 361 g/mol. The summed E-state index contributed by atoms with van der Waals surface area (Å²) in [6.07, 6.45) is 4.89. The zero-order chi connectivity index (χ0) is 18.4. The molecule has 0 bridgehead atoms. The summed E-state index contributed by atoms with van der Waals surface area (Å²) < 4.78 is 1.96. The lowest BCUT2D eigenvalue weighted by molar-refractivity contribution is -0.116. The van der Waals surface area contributed by atoms with Crippen molar-refractivity contribution in [3.63, 3.8) is 0 Å². The van der Waals surface area contributed by atoms with Gasteiger partial charge in [0.2, 0.25) is 5.91 Å². The number of nitrogens with one attached hydrogen (secondary N) is 1. The molecule has 0 saturated carbocycles. The minimum absolute atomic E-state index is 0.00452. The van der Waals surface area contributed by atoms with Crippen LogP contribution in [-0.4, -0.2) is 37.9 Å². The number of carbonyl (C=O) groups is 2. The Bertz CT molecular complexity index is 1060. The number of likely N-dealkylation sites (tertiary alicyclic amines) is 1.